The average Bonchev–Trinajstić information content (AvgIpc) is 4.03. The largest absolute Gasteiger partial charge is 0.508 e. The van der Waals surface area contributed by atoms with Crippen LogP contribution in [0, 0.1) is 11.3 Å². The van der Waals surface area contributed by atoms with E-state index in [0.29, 0.717) is 55.3 Å². The molecule has 0 amide bonds. The molecule has 4 bridgehead atoms. The third-order valence-corrected chi connectivity index (χ3v) is 14.9. The van der Waals surface area contributed by atoms with Crippen LogP contribution in [0.2, 0.25) is 0 Å². The predicted molar refractivity (Wildman–Crippen MR) is 284 cm³/mol. The number of Topliss-reactive ketones (excluding diaryl/α,β-unsaturated/α-hetero) is 2. The number of rotatable bonds is 10. The number of esters is 1. The molecule has 74 heavy (non-hydrogen) atoms. The number of H-pyrrole nitrogens is 1. The molecule has 14 heteroatoms. The Kier molecular flexibility index (Phi) is 15.2. The molecule has 6 aromatic rings. The third kappa shape index (κ3) is 11.2. The number of allylic oxidation sites excluding steroid dienone is 6. The SMILES string of the molecule is COc1cc([C@@H]2CC(=O)C[C@H](OC(C)=O)CC[C@@]3(C=CC=C[C@@H]3C)Cc3c[nH]cc3C[C@@H](c3cccc(O)c3)C3=CCNC(=C3)N(CCC(C)=O)c3ccc(CO)c4cn2cc34)cc(O)c1Oc1cccc(O)c1. The number of aromatic amines is 1. The van der Waals surface area contributed by atoms with Gasteiger partial charge < -0.3 is 54.4 Å². The number of nitrogens with zero attached hydrogens (tertiary/aromatic N) is 2. The average molecular weight is 1000 g/mol. The van der Waals surface area contributed by atoms with E-state index >= 15 is 0 Å². The van der Waals surface area contributed by atoms with Gasteiger partial charge in [0.15, 0.2) is 11.5 Å². The number of methoxy groups -OCH3 is 1. The molecule has 0 radical (unpaired) electrons. The van der Waals surface area contributed by atoms with Gasteiger partial charge in [-0.05, 0) is 126 Å². The van der Waals surface area contributed by atoms with Crippen LogP contribution in [0.1, 0.15) is 92.7 Å². The fraction of sp³-hybridized carbons (Fsp3) is 0.317. The van der Waals surface area contributed by atoms with Crippen LogP contribution in [0.15, 0.2) is 145 Å². The maximum Gasteiger partial charge on any atom is 0.302 e. The van der Waals surface area contributed by atoms with Gasteiger partial charge in [0.25, 0.3) is 0 Å². The number of ketones is 2. The van der Waals surface area contributed by atoms with Crippen molar-refractivity contribution in [2.24, 2.45) is 11.3 Å². The molecule has 4 aromatic carbocycles. The maximum atomic E-state index is 14.9. The van der Waals surface area contributed by atoms with Crippen molar-refractivity contribution < 1.29 is 49.0 Å². The number of benzene rings is 4. The summed E-state index contributed by atoms with van der Waals surface area (Å²) in [7, 11) is 1.44. The molecule has 6 N–H and O–H groups in total. The van der Waals surface area contributed by atoms with E-state index in [4.69, 9.17) is 14.2 Å². The van der Waals surface area contributed by atoms with Crippen molar-refractivity contribution in [3.8, 4) is 34.5 Å². The number of aliphatic hydroxyl groups excluding tert-OH is 1. The van der Waals surface area contributed by atoms with E-state index in [0.717, 1.165) is 39.2 Å². The molecule has 2 aromatic heterocycles. The van der Waals surface area contributed by atoms with Gasteiger partial charge in [0, 0.05) is 86.8 Å². The molecule has 3 aliphatic rings. The number of anilines is 1. The summed E-state index contributed by atoms with van der Waals surface area (Å²) in [5.41, 5.74) is 5.67. The zero-order valence-corrected chi connectivity index (χ0v) is 42.2. The zero-order chi connectivity index (χ0) is 52.1. The molecular weight excluding hydrogens is 937 g/mol. The minimum atomic E-state index is -0.781. The Hall–Kier alpha value is -7.97. The summed E-state index contributed by atoms with van der Waals surface area (Å²) in [6.07, 6.45) is 22.4. The van der Waals surface area contributed by atoms with E-state index in [2.05, 4.69) is 71.0 Å². The number of aliphatic hydroxyl groups is 1. The van der Waals surface area contributed by atoms with Crippen molar-refractivity contribution in [2.75, 3.05) is 25.1 Å². The van der Waals surface area contributed by atoms with E-state index in [1.54, 1.807) is 31.2 Å². The first-order valence-corrected chi connectivity index (χ1v) is 25.2. The van der Waals surface area contributed by atoms with Crippen LogP contribution in [0.3, 0.4) is 0 Å². The highest BCUT2D eigenvalue weighted by molar-refractivity contribution is 5.97. The Labute approximate surface area is 430 Å². The van der Waals surface area contributed by atoms with Gasteiger partial charge in [-0.25, -0.2) is 0 Å². The Morgan fingerprint density at radius 1 is 0.878 bits per heavy atom. The number of nitrogens with one attached hydrogen (secondary N) is 2. The summed E-state index contributed by atoms with van der Waals surface area (Å²) in [6.45, 7) is 5.62. The highest BCUT2D eigenvalue weighted by Gasteiger charge is 2.37. The minimum Gasteiger partial charge on any atom is -0.508 e. The second-order valence-electron chi connectivity index (χ2n) is 19.9. The first-order valence-electron chi connectivity index (χ1n) is 25.2. The molecule has 0 fully saturated rings. The van der Waals surface area contributed by atoms with Gasteiger partial charge in [0.1, 0.15) is 40.7 Å². The summed E-state index contributed by atoms with van der Waals surface area (Å²) in [5, 5.41) is 48.7. The second-order valence-corrected chi connectivity index (χ2v) is 19.9. The van der Waals surface area contributed by atoms with Crippen LogP contribution in [0.25, 0.3) is 10.8 Å². The Morgan fingerprint density at radius 3 is 2.41 bits per heavy atom. The Bertz CT molecular complexity index is 3200. The highest BCUT2D eigenvalue weighted by Crippen LogP contribution is 2.47. The lowest BCUT2D eigenvalue weighted by molar-refractivity contribution is -0.148. The number of aromatic nitrogens is 2. The van der Waals surface area contributed by atoms with Crippen molar-refractivity contribution in [1.82, 2.24) is 14.9 Å². The molecule has 1 aliphatic carbocycles. The van der Waals surface area contributed by atoms with Crippen molar-refractivity contribution in [3.63, 3.8) is 0 Å². The quantitative estimate of drug-likeness (QED) is 0.0712. The van der Waals surface area contributed by atoms with Gasteiger partial charge in [-0.2, -0.15) is 0 Å². The van der Waals surface area contributed by atoms with Crippen LogP contribution in [0.4, 0.5) is 5.69 Å². The minimum absolute atomic E-state index is 0.00365. The van der Waals surface area contributed by atoms with Gasteiger partial charge >= 0.3 is 5.97 Å². The lowest BCUT2D eigenvalue weighted by Gasteiger charge is -2.38. The molecule has 2 aliphatic heterocycles. The van der Waals surface area contributed by atoms with Crippen molar-refractivity contribution in [3.05, 3.63) is 173 Å². The maximum absolute atomic E-state index is 14.9. The first kappa shape index (κ1) is 51.0. The summed E-state index contributed by atoms with van der Waals surface area (Å²) in [6, 6.07) is 19.8. The number of aromatic hydroxyl groups is 3. The van der Waals surface area contributed by atoms with Gasteiger partial charge in [0.2, 0.25) is 5.75 Å². The van der Waals surface area contributed by atoms with Gasteiger partial charge in [-0.1, -0.05) is 61.6 Å². The number of hydrogen-bond acceptors (Lipinski definition) is 12. The fourth-order valence-corrected chi connectivity index (χ4v) is 10.9. The summed E-state index contributed by atoms with van der Waals surface area (Å²) in [4.78, 5) is 46.1. The van der Waals surface area contributed by atoms with Crippen LogP contribution in [-0.2, 0) is 38.6 Å². The van der Waals surface area contributed by atoms with Crippen LogP contribution >= 0.6 is 0 Å². The molecule has 14 nitrogen and oxygen atoms in total. The van der Waals surface area contributed by atoms with Gasteiger partial charge in [-0.3, -0.25) is 14.4 Å². The smallest absolute Gasteiger partial charge is 0.302 e. The number of phenolic OH excluding ortho intramolecular Hbond substituents is 3. The normalized spacial score (nSPS) is 21.3. The number of carbonyl (C=O) groups is 3. The number of dihydropyridines is 1. The molecule has 0 saturated carbocycles. The predicted octanol–water partition coefficient (Wildman–Crippen LogP) is 10.5. The fourth-order valence-electron chi connectivity index (χ4n) is 10.9. The molecule has 0 unspecified atom stereocenters. The van der Waals surface area contributed by atoms with Crippen LogP contribution in [-0.4, -0.2) is 73.8 Å². The molecule has 0 saturated heterocycles. The number of hydrogen-bond donors (Lipinski definition) is 6. The number of phenols is 3. The standard InChI is InChI=1S/C60H64N4O10/c1-37-9-5-6-19-60(37)20-16-50(73-39(3)67)29-48(70)30-55(43-25-56(71)59(57(26-43)72-4)74-49-13-8-12-47(69)28-49)63-34-52-42(36-65)14-15-54(53(52)35-63)64(22-18-38(2)66)58-27-41(17-21-62-58)51(40-10-7-11-46(68)23-40)24-44-32-61-33-45(44)31-60/h5-15,17,19,23,25-28,32-35,37,50-51,55,61-62,65,68-69,71H,16,18,20-22,24,29-31,36H2,1-4H3/t37-,50+,51-,55-,60-/m0/s1. The first-order chi connectivity index (χ1) is 35.7. The lowest BCUT2D eigenvalue weighted by atomic mass is 9.66. The van der Waals surface area contributed by atoms with Gasteiger partial charge in [0.05, 0.1) is 25.4 Å². The van der Waals surface area contributed by atoms with Crippen molar-refractivity contribution in [2.45, 2.75) is 90.4 Å². The Morgan fingerprint density at radius 2 is 1.66 bits per heavy atom. The van der Waals surface area contributed by atoms with E-state index in [1.807, 2.05) is 47.3 Å². The molecule has 5 atom stereocenters. The summed E-state index contributed by atoms with van der Waals surface area (Å²) in [5.74, 6) is 0.253. The summed E-state index contributed by atoms with van der Waals surface area (Å²) >= 11 is 0. The van der Waals surface area contributed by atoms with E-state index in [-0.39, 0.29) is 83.8 Å². The van der Waals surface area contributed by atoms with Crippen molar-refractivity contribution in [1.29, 1.82) is 0 Å². The topological polar surface area (TPSA) is 196 Å². The monoisotopic (exact) mass is 1000 g/mol. The van der Waals surface area contributed by atoms with Crippen LogP contribution < -0.4 is 19.7 Å². The molecular formula is C60H64N4O10. The second kappa shape index (κ2) is 22.0. The summed E-state index contributed by atoms with van der Waals surface area (Å²) < 4.78 is 19.8. The number of fused-ring (bicyclic) bond motifs is 3. The lowest BCUT2D eigenvalue weighted by Crippen LogP contribution is -2.35. The number of carbonyl (C=O) groups excluding carboxylic acids is 3. The molecule has 9 rings (SSSR count). The Balaban J connectivity index is 1.23. The van der Waals surface area contributed by atoms with E-state index in [1.165, 1.54) is 32.2 Å². The number of ether oxygens (including phenoxy) is 3. The molecule has 1 spiro atoms. The molecule has 4 heterocycles. The van der Waals surface area contributed by atoms with Crippen LogP contribution in [0.5, 0.6) is 34.5 Å². The zero-order valence-electron chi connectivity index (χ0n) is 42.2. The molecule has 384 valence electrons. The van der Waals surface area contributed by atoms with E-state index in [9.17, 15) is 34.8 Å². The van der Waals surface area contributed by atoms with E-state index < -0.39 is 23.5 Å². The van der Waals surface area contributed by atoms with Crippen molar-refractivity contribution >= 4 is 34.0 Å². The highest BCUT2D eigenvalue weighted by atomic mass is 16.5. The third-order valence-electron chi connectivity index (χ3n) is 14.9. The van der Waals surface area contributed by atoms with Gasteiger partial charge in [-0.15, -0.1) is 0 Å².